The fourth-order valence-electron chi connectivity index (χ4n) is 5.18. The van der Waals surface area contributed by atoms with Crippen LogP contribution in [0.4, 0.5) is 0 Å². The third kappa shape index (κ3) is 5.53. The molecule has 0 bridgehead atoms. The topological polar surface area (TPSA) is 14.2 Å². The van der Waals surface area contributed by atoms with Crippen LogP contribution in [0.25, 0.3) is 10.9 Å². The summed E-state index contributed by atoms with van der Waals surface area (Å²) in [6.07, 6.45) is 6.97. The van der Waals surface area contributed by atoms with Crippen LogP contribution < -0.4 is 44.6 Å². The van der Waals surface area contributed by atoms with Gasteiger partial charge in [0.1, 0.15) is 28.9 Å². The van der Waals surface area contributed by atoms with E-state index < -0.39 is 7.26 Å². The molecule has 0 aliphatic rings. The van der Waals surface area contributed by atoms with Gasteiger partial charge in [0.25, 0.3) is 0 Å². The van der Waals surface area contributed by atoms with E-state index in [9.17, 15) is 0 Å². The van der Waals surface area contributed by atoms with E-state index in [1.807, 2.05) is 6.07 Å². The minimum atomic E-state index is -1.73. The SMILES string of the molecule is COc1ccc2ccn(CCCCC[P+](c3ccccc3)(c3ccccc3)c3ccccc3)c2c1.[I-]. The Bertz CT molecular complexity index is 1260. The lowest BCUT2D eigenvalue weighted by atomic mass is 10.2. The van der Waals surface area contributed by atoms with Crippen molar-refractivity contribution in [2.45, 2.75) is 25.8 Å². The molecule has 0 spiro atoms. The first-order chi connectivity index (χ1) is 17.3. The average Bonchev–Trinajstić information content (AvgIpc) is 3.34. The molecule has 0 unspecified atom stereocenters. The predicted molar refractivity (Wildman–Crippen MR) is 152 cm³/mol. The van der Waals surface area contributed by atoms with Gasteiger partial charge in [0.2, 0.25) is 0 Å². The molecule has 0 atom stereocenters. The van der Waals surface area contributed by atoms with Crippen LogP contribution in [0.1, 0.15) is 19.3 Å². The van der Waals surface area contributed by atoms with Crippen molar-refractivity contribution in [1.29, 1.82) is 0 Å². The van der Waals surface area contributed by atoms with Gasteiger partial charge < -0.3 is 33.3 Å². The molecule has 4 aromatic carbocycles. The van der Waals surface area contributed by atoms with Gasteiger partial charge in [-0.1, -0.05) is 54.6 Å². The molecular formula is C32H33INOP. The first-order valence-electron chi connectivity index (χ1n) is 12.5. The van der Waals surface area contributed by atoms with Crippen molar-refractivity contribution >= 4 is 34.1 Å². The highest BCUT2D eigenvalue weighted by Gasteiger charge is 2.44. The molecule has 4 heteroatoms. The Balaban J connectivity index is 0.00000304. The first-order valence-corrected chi connectivity index (χ1v) is 14.5. The van der Waals surface area contributed by atoms with Crippen LogP contribution >= 0.6 is 7.26 Å². The van der Waals surface area contributed by atoms with Crippen molar-refractivity contribution in [3.63, 3.8) is 0 Å². The summed E-state index contributed by atoms with van der Waals surface area (Å²) < 4.78 is 7.81. The predicted octanol–water partition coefficient (Wildman–Crippen LogP) is 3.82. The number of hydrogen-bond donors (Lipinski definition) is 0. The number of benzene rings is 4. The second-order valence-electron chi connectivity index (χ2n) is 9.03. The monoisotopic (exact) mass is 605 g/mol. The fraction of sp³-hybridized carbons (Fsp3) is 0.188. The maximum Gasteiger partial charge on any atom is 0.120 e. The zero-order valence-electron chi connectivity index (χ0n) is 20.8. The summed E-state index contributed by atoms with van der Waals surface area (Å²) in [7, 11) is 0.00549. The second kappa shape index (κ2) is 12.6. The van der Waals surface area contributed by atoms with Crippen LogP contribution in [-0.2, 0) is 6.54 Å². The van der Waals surface area contributed by atoms with Gasteiger partial charge in [0.05, 0.1) is 18.8 Å². The van der Waals surface area contributed by atoms with Crippen molar-refractivity contribution in [3.8, 4) is 5.75 Å². The number of unbranched alkanes of at least 4 members (excludes halogenated alkanes) is 2. The average molecular weight is 606 g/mol. The number of nitrogens with zero attached hydrogens (tertiary/aromatic N) is 1. The highest BCUT2D eigenvalue weighted by atomic mass is 127. The van der Waals surface area contributed by atoms with E-state index in [-0.39, 0.29) is 24.0 Å². The molecule has 0 amide bonds. The van der Waals surface area contributed by atoms with Crippen LogP contribution in [-0.4, -0.2) is 17.8 Å². The number of fused-ring (bicyclic) bond motifs is 1. The molecule has 0 radical (unpaired) electrons. The van der Waals surface area contributed by atoms with Crippen molar-refractivity contribution < 1.29 is 28.7 Å². The minimum Gasteiger partial charge on any atom is -1.00 e. The van der Waals surface area contributed by atoms with E-state index in [0.717, 1.165) is 12.3 Å². The van der Waals surface area contributed by atoms with Gasteiger partial charge in [-0.15, -0.1) is 0 Å². The molecule has 5 rings (SSSR count). The lowest BCUT2D eigenvalue weighted by Crippen LogP contribution is -3.00. The molecule has 0 saturated heterocycles. The number of ether oxygens (including phenoxy) is 1. The summed E-state index contributed by atoms with van der Waals surface area (Å²) in [5, 5.41) is 5.69. The van der Waals surface area contributed by atoms with Crippen LogP contribution in [0.15, 0.2) is 121 Å². The van der Waals surface area contributed by atoms with Gasteiger partial charge in [-0.25, -0.2) is 0 Å². The number of methoxy groups -OCH3 is 1. The number of halogens is 1. The maximum absolute atomic E-state index is 5.44. The maximum atomic E-state index is 5.44. The number of hydrogen-bond acceptors (Lipinski definition) is 1. The molecule has 5 aromatic rings. The Morgan fingerprint density at radius 3 is 1.72 bits per heavy atom. The van der Waals surface area contributed by atoms with Gasteiger partial charge in [-0.2, -0.15) is 0 Å². The molecule has 184 valence electrons. The Morgan fingerprint density at radius 2 is 1.19 bits per heavy atom. The zero-order chi connectivity index (χ0) is 23.9. The number of rotatable bonds is 10. The van der Waals surface area contributed by atoms with E-state index in [1.54, 1.807) is 7.11 Å². The van der Waals surface area contributed by atoms with Crippen molar-refractivity contribution in [2.24, 2.45) is 0 Å². The fourth-order valence-corrected chi connectivity index (χ4v) is 9.59. The smallest absolute Gasteiger partial charge is 0.120 e. The van der Waals surface area contributed by atoms with E-state index in [0.29, 0.717) is 0 Å². The highest BCUT2D eigenvalue weighted by Crippen LogP contribution is 2.55. The third-order valence-electron chi connectivity index (χ3n) is 6.96. The first kappa shape index (κ1) is 26.4. The van der Waals surface area contributed by atoms with E-state index >= 15 is 0 Å². The molecule has 0 N–H and O–H groups in total. The van der Waals surface area contributed by atoms with Gasteiger partial charge in [-0.05, 0) is 79.2 Å². The minimum absolute atomic E-state index is 0. The van der Waals surface area contributed by atoms with Crippen molar-refractivity contribution in [1.82, 2.24) is 4.57 Å². The largest absolute Gasteiger partial charge is 1.00 e. The summed E-state index contributed by atoms with van der Waals surface area (Å²) in [5.41, 5.74) is 1.25. The van der Waals surface area contributed by atoms with Crippen LogP contribution in [0.3, 0.4) is 0 Å². The summed E-state index contributed by atoms with van der Waals surface area (Å²) >= 11 is 0. The van der Waals surface area contributed by atoms with E-state index in [2.05, 4.69) is 120 Å². The Labute approximate surface area is 232 Å². The molecule has 0 fully saturated rings. The molecular weight excluding hydrogens is 572 g/mol. The lowest BCUT2D eigenvalue weighted by Gasteiger charge is -2.27. The summed E-state index contributed by atoms with van der Waals surface area (Å²) in [6, 6.07) is 42.1. The Hall–Kier alpha value is -2.62. The number of aromatic nitrogens is 1. The number of aryl methyl sites for hydroxylation is 1. The molecule has 0 saturated carbocycles. The summed E-state index contributed by atoms with van der Waals surface area (Å²) in [4.78, 5) is 0. The molecule has 0 aliphatic heterocycles. The highest BCUT2D eigenvalue weighted by molar-refractivity contribution is 7.95. The van der Waals surface area contributed by atoms with E-state index in [1.165, 1.54) is 52.2 Å². The van der Waals surface area contributed by atoms with Crippen LogP contribution in [0.2, 0.25) is 0 Å². The van der Waals surface area contributed by atoms with Crippen molar-refractivity contribution in [3.05, 3.63) is 121 Å². The molecule has 2 nitrogen and oxygen atoms in total. The van der Waals surface area contributed by atoms with Crippen molar-refractivity contribution in [2.75, 3.05) is 13.3 Å². The molecule has 1 aromatic heterocycles. The summed E-state index contributed by atoms with van der Waals surface area (Å²) in [6.45, 7) is 1.03. The van der Waals surface area contributed by atoms with Crippen LogP contribution in [0, 0.1) is 0 Å². The second-order valence-corrected chi connectivity index (χ2v) is 12.7. The lowest BCUT2D eigenvalue weighted by molar-refractivity contribution is -0.00000715. The molecule has 0 aliphatic carbocycles. The Kier molecular flexibility index (Phi) is 9.23. The van der Waals surface area contributed by atoms with Gasteiger partial charge in [-0.3, -0.25) is 0 Å². The molecule has 1 heterocycles. The quantitative estimate of drug-likeness (QED) is 0.134. The Morgan fingerprint density at radius 1 is 0.639 bits per heavy atom. The third-order valence-corrected chi connectivity index (χ3v) is 11.5. The van der Waals surface area contributed by atoms with Gasteiger partial charge in [0.15, 0.2) is 0 Å². The summed E-state index contributed by atoms with van der Waals surface area (Å²) in [5.74, 6) is 0.917. The van der Waals surface area contributed by atoms with Gasteiger partial charge in [0, 0.05) is 18.8 Å². The standard InChI is InChI=1S/C32H33NOP.HI/c1-34-28-21-20-27-22-24-33(32(27)26-28)23-12-5-13-25-35(29-14-6-2-7-15-29,30-16-8-3-9-17-30)31-18-10-4-11-19-31;/h2-4,6-11,14-22,24,26H,5,12-13,23,25H2,1H3;1H/q+1;/p-1. The van der Waals surface area contributed by atoms with Crippen LogP contribution in [0.5, 0.6) is 5.75 Å². The normalized spacial score (nSPS) is 11.2. The van der Waals surface area contributed by atoms with Gasteiger partial charge >= 0.3 is 0 Å². The molecule has 36 heavy (non-hydrogen) atoms. The zero-order valence-corrected chi connectivity index (χ0v) is 23.8. The van der Waals surface area contributed by atoms with E-state index in [4.69, 9.17) is 4.74 Å².